The minimum absolute atomic E-state index is 0.00364. The zero-order chi connectivity index (χ0) is 17.0. The van der Waals surface area contributed by atoms with Gasteiger partial charge in [-0.05, 0) is 24.6 Å². The van der Waals surface area contributed by atoms with E-state index >= 15 is 0 Å². The first-order valence-electron chi connectivity index (χ1n) is 6.98. The average Bonchev–Trinajstić information content (AvgIpc) is 2.87. The summed E-state index contributed by atoms with van der Waals surface area (Å²) in [4.78, 5) is 28.1. The highest BCUT2D eigenvalue weighted by Crippen LogP contribution is 2.18. The number of carbonyl (C=O) groups excluding carboxylic acids is 2. The molecule has 1 aromatic carbocycles. The molecule has 6 nitrogen and oxygen atoms in total. The number of benzene rings is 1. The number of nitrogens with one attached hydrogen (secondary N) is 1. The zero-order valence-electron chi connectivity index (χ0n) is 13.1. The second-order valence-corrected chi connectivity index (χ2v) is 4.98. The molecule has 0 fully saturated rings. The van der Waals surface area contributed by atoms with E-state index < -0.39 is 23.6 Å². The molecule has 0 unspecified atom stereocenters. The van der Waals surface area contributed by atoms with Crippen LogP contribution in [0.1, 0.15) is 33.6 Å². The summed E-state index contributed by atoms with van der Waals surface area (Å²) >= 11 is 0. The number of aryl methyl sites for hydroxylation is 2. The van der Waals surface area contributed by atoms with Gasteiger partial charge in [0, 0.05) is 13.5 Å². The number of ether oxygens (including phenoxy) is 1. The first-order valence-corrected chi connectivity index (χ1v) is 6.98. The Balaban J connectivity index is 2.12. The normalized spacial score (nSPS) is 11.8. The first-order chi connectivity index (χ1) is 10.9. The van der Waals surface area contributed by atoms with Crippen LogP contribution < -0.4 is 5.32 Å². The monoisotopic (exact) mass is 320 g/mol. The van der Waals surface area contributed by atoms with Crippen LogP contribution in [0.4, 0.5) is 4.39 Å². The smallest absolute Gasteiger partial charge is 0.314 e. The Kier molecular flexibility index (Phi) is 5.10. The number of methoxy groups -OCH3 is 1. The van der Waals surface area contributed by atoms with Gasteiger partial charge in [0.25, 0.3) is 5.91 Å². The van der Waals surface area contributed by atoms with Crippen molar-refractivity contribution < 1.29 is 23.1 Å². The molecule has 0 spiro atoms. The second-order valence-electron chi connectivity index (χ2n) is 4.98. The molecule has 2 rings (SSSR count). The summed E-state index contributed by atoms with van der Waals surface area (Å²) in [7, 11) is 1.25. The molecule has 0 saturated heterocycles. The van der Waals surface area contributed by atoms with E-state index in [1.54, 1.807) is 13.8 Å². The lowest BCUT2D eigenvalue weighted by molar-refractivity contribution is -0.142. The fourth-order valence-corrected chi connectivity index (χ4v) is 2.19. The highest BCUT2D eigenvalue weighted by molar-refractivity contribution is 5.93. The summed E-state index contributed by atoms with van der Waals surface area (Å²) in [5, 5.41) is 2.61. The maximum Gasteiger partial charge on any atom is 0.314 e. The molecular formula is C16H17FN2O4. The van der Waals surface area contributed by atoms with Gasteiger partial charge in [-0.1, -0.05) is 12.1 Å². The number of carbonyl (C=O) groups is 2. The van der Waals surface area contributed by atoms with Gasteiger partial charge in [0.1, 0.15) is 5.82 Å². The van der Waals surface area contributed by atoms with Crippen molar-refractivity contribution in [1.82, 2.24) is 10.3 Å². The standard InChI is InChI=1S/C16H17FN2O4/c1-9-14(23-10(2)19-9)15(20)18-8-13(16(21)22-3)11-4-6-12(17)7-5-11/h4-7,13H,8H2,1-3H3,(H,18,20)/t13-/m0/s1. The number of nitrogens with zero attached hydrogens (tertiary/aromatic N) is 1. The van der Waals surface area contributed by atoms with Crippen molar-refractivity contribution in [2.75, 3.05) is 13.7 Å². The number of halogens is 1. The average molecular weight is 320 g/mol. The predicted molar refractivity (Wildman–Crippen MR) is 79.5 cm³/mol. The van der Waals surface area contributed by atoms with Crippen LogP contribution in [0.3, 0.4) is 0 Å². The van der Waals surface area contributed by atoms with Crippen molar-refractivity contribution in [2.24, 2.45) is 0 Å². The van der Waals surface area contributed by atoms with Crippen LogP contribution in [0.25, 0.3) is 0 Å². The SMILES string of the molecule is COC(=O)[C@@H](CNC(=O)c1oc(C)nc1C)c1ccc(F)cc1. The third-order valence-electron chi connectivity index (χ3n) is 3.33. The molecule has 1 amide bonds. The first kappa shape index (κ1) is 16.7. The Morgan fingerprint density at radius 2 is 1.96 bits per heavy atom. The van der Waals surface area contributed by atoms with Gasteiger partial charge in [-0.25, -0.2) is 9.37 Å². The minimum Gasteiger partial charge on any atom is -0.468 e. The maximum absolute atomic E-state index is 13.0. The van der Waals surface area contributed by atoms with Gasteiger partial charge >= 0.3 is 5.97 Å². The largest absolute Gasteiger partial charge is 0.468 e. The summed E-state index contributed by atoms with van der Waals surface area (Å²) in [5.74, 6) is -1.66. The topological polar surface area (TPSA) is 81.4 Å². The lowest BCUT2D eigenvalue weighted by Gasteiger charge is -2.15. The maximum atomic E-state index is 13.0. The van der Waals surface area contributed by atoms with Crippen molar-refractivity contribution in [1.29, 1.82) is 0 Å². The Labute approximate surface area is 132 Å². The van der Waals surface area contributed by atoms with Crippen molar-refractivity contribution in [2.45, 2.75) is 19.8 Å². The second kappa shape index (κ2) is 7.04. The third-order valence-corrected chi connectivity index (χ3v) is 3.33. The van der Waals surface area contributed by atoms with Gasteiger partial charge in [0.2, 0.25) is 5.76 Å². The van der Waals surface area contributed by atoms with E-state index in [4.69, 9.17) is 9.15 Å². The molecule has 0 aliphatic rings. The van der Waals surface area contributed by atoms with Crippen LogP contribution in [0.2, 0.25) is 0 Å². The van der Waals surface area contributed by atoms with Crippen LogP contribution in [-0.2, 0) is 9.53 Å². The highest BCUT2D eigenvalue weighted by Gasteiger charge is 2.24. The third kappa shape index (κ3) is 3.94. The number of hydrogen-bond acceptors (Lipinski definition) is 5. The number of oxazole rings is 1. The summed E-state index contributed by atoms with van der Waals surface area (Å²) in [6, 6.07) is 5.45. The number of hydrogen-bond donors (Lipinski definition) is 1. The van der Waals surface area contributed by atoms with Gasteiger partial charge in [-0.3, -0.25) is 9.59 Å². The molecular weight excluding hydrogens is 303 g/mol. The summed E-state index contributed by atoms with van der Waals surface area (Å²) < 4.78 is 23.0. The fourth-order valence-electron chi connectivity index (χ4n) is 2.19. The van der Waals surface area contributed by atoms with E-state index in [0.717, 1.165) is 0 Å². The quantitative estimate of drug-likeness (QED) is 0.853. The number of amides is 1. The lowest BCUT2D eigenvalue weighted by atomic mass is 9.99. The molecule has 7 heteroatoms. The van der Waals surface area contributed by atoms with Crippen LogP contribution in [0.5, 0.6) is 0 Å². The Bertz CT molecular complexity index is 709. The molecule has 1 atom stereocenters. The van der Waals surface area contributed by atoms with Crippen LogP contribution in [0, 0.1) is 19.7 Å². The number of aromatic nitrogens is 1. The summed E-state index contributed by atoms with van der Waals surface area (Å²) in [5.41, 5.74) is 1.01. The molecule has 1 aromatic heterocycles. The molecule has 2 aromatic rings. The van der Waals surface area contributed by atoms with E-state index in [0.29, 0.717) is 17.1 Å². The van der Waals surface area contributed by atoms with E-state index in [-0.39, 0.29) is 12.3 Å². The molecule has 1 N–H and O–H groups in total. The number of esters is 1. The van der Waals surface area contributed by atoms with Gasteiger partial charge in [-0.2, -0.15) is 0 Å². The van der Waals surface area contributed by atoms with E-state index in [9.17, 15) is 14.0 Å². The van der Waals surface area contributed by atoms with E-state index in [2.05, 4.69) is 10.3 Å². The molecule has 0 saturated carbocycles. The zero-order valence-corrected chi connectivity index (χ0v) is 13.1. The highest BCUT2D eigenvalue weighted by atomic mass is 19.1. The Morgan fingerprint density at radius 3 is 2.48 bits per heavy atom. The van der Waals surface area contributed by atoms with Crippen molar-refractivity contribution in [3.63, 3.8) is 0 Å². The number of rotatable bonds is 5. The van der Waals surface area contributed by atoms with Gasteiger partial charge in [0.05, 0.1) is 18.7 Å². The van der Waals surface area contributed by atoms with Crippen LogP contribution in [-0.4, -0.2) is 30.5 Å². The molecule has 122 valence electrons. The molecule has 0 aliphatic heterocycles. The summed E-state index contributed by atoms with van der Waals surface area (Å²) in [6.45, 7) is 3.29. The van der Waals surface area contributed by atoms with Crippen molar-refractivity contribution >= 4 is 11.9 Å². The Morgan fingerprint density at radius 1 is 1.30 bits per heavy atom. The molecule has 0 aliphatic carbocycles. The van der Waals surface area contributed by atoms with Crippen LogP contribution >= 0.6 is 0 Å². The lowest BCUT2D eigenvalue weighted by Crippen LogP contribution is -2.32. The van der Waals surface area contributed by atoms with Crippen LogP contribution in [0.15, 0.2) is 28.7 Å². The molecule has 0 bridgehead atoms. The van der Waals surface area contributed by atoms with Gasteiger partial charge in [-0.15, -0.1) is 0 Å². The minimum atomic E-state index is -0.742. The molecule has 23 heavy (non-hydrogen) atoms. The van der Waals surface area contributed by atoms with E-state index in [1.165, 1.54) is 31.4 Å². The van der Waals surface area contributed by atoms with Crippen molar-refractivity contribution in [3.05, 3.63) is 53.0 Å². The summed E-state index contributed by atoms with van der Waals surface area (Å²) in [6.07, 6.45) is 0. The molecule has 1 heterocycles. The Hall–Kier alpha value is -2.70. The van der Waals surface area contributed by atoms with Crippen molar-refractivity contribution in [3.8, 4) is 0 Å². The van der Waals surface area contributed by atoms with E-state index in [1.807, 2.05) is 0 Å². The predicted octanol–water partition coefficient (Wildman–Crippen LogP) is 2.12. The van der Waals surface area contributed by atoms with Gasteiger partial charge in [0.15, 0.2) is 5.89 Å². The fraction of sp³-hybridized carbons (Fsp3) is 0.312. The molecule has 0 radical (unpaired) electrons. The van der Waals surface area contributed by atoms with Gasteiger partial charge < -0.3 is 14.5 Å².